The molecule has 22 heavy (non-hydrogen) atoms. The Morgan fingerprint density at radius 3 is 2.23 bits per heavy atom. The number of hydrogen-bond acceptors (Lipinski definition) is 4. The van der Waals surface area contributed by atoms with E-state index < -0.39 is 0 Å². The van der Waals surface area contributed by atoms with Gasteiger partial charge in [-0.05, 0) is 27.2 Å². The van der Waals surface area contributed by atoms with E-state index in [9.17, 15) is 9.59 Å². The molecule has 0 aliphatic heterocycles. The van der Waals surface area contributed by atoms with Crippen molar-refractivity contribution in [2.24, 2.45) is 5.73 Å². The second kappa shape index (κ2) is 6.48. The third-order valence-electron chi connectivity index (χ3n) is 3.92. The van der Waals surface area contributed by atoms with Crippen molar-refractivity contribution in [1.29, 1.82) is 0 Å². The zero-order chi connectivity index (χ0) is 16.4. The van der Waals surface area contributed by atoms with Crippen molar-refractivity contribution in [3.05, 3.63) is 26.7 Å². The number of aryl methyl sites for hydroxylation is 2. The summed E-state index contributed by atoms with van der Waals surface area (Å²) < 4.78 is 4.72. The Labute approximate surface area is 129 Å². The van der Waals surface area contributed by atoms with E-state index >= 15 is 0 Å². The lowest BCUT2D eigenvalue weighted by molar-refractivity contribution is 0.560. The Morgan fingerprint density at radius 1 is 1.09 bits per heavy atom. The fourth-order valence-corrected chi connectivity index (χ4v) is 2.77. The molecule has 2 aromatic heterocycles. The van der Waals surface area contributed by atoms with Gasteiger partial charge in [0.05, 0.1) is 6.04 Å². The monoisotopic (exact) mass is 307 g/mol. The second-order valence-corrected chi connectivity index (χ2v) is 5.51. The smallest absolute Gasteiger partial charge is 0.322 e. The zero-order valence-corrected chi connectivity index (χ0v) is 13.8. The molecule has 7 heteroatoms. The molecular formula is C15H25N5O2. The average Bonchev–Trinajstić information content (AvgIpc) is 2.87. The highest BCUT2D eigenvalue weighted by atomic mass is 16.2. The molecule has 0 bridgehead atoms. The van der Waals surface area contributed by atoms with Crippen molar-refractivity contribution in [2.45, 2.75) is 66.2 Å². The first-order valence-electron chi connectivity index (χ1n) is 7.97. The van der Waals surface area contributed by atoms with Crippen molar-refractivity contribution in [1.82, 2.24) is 18.7 Å². The standard InChI is InChI=1S/C15H25N5O2/c1-5-8-9-20-13-11(14(21)19(7-3)15(20)22)18(6-2)12(17-13)10(4)16/h10H,5-9,16H2,1-4H3. The van der Waals surface area contributed by atoms with Gasteiger partial charge in [0, 0.05) is 19.6 Å². The van der Waals surface area contributed by atoms with Crippen LogP contribution in [-0.4, -0.2) is 18.7 Å². The summed E-state index contributed by atoms with van der Waals surface area (Å²) in [7, 11) is 0. The van der Waals surface area contributed by atoms with Crippen molar-refractivity contribution in [3.8, 4) is 0 Å². The van der Waals surface area contributed by atoms with Crippen molar-refractivity contribution < 1.29 is 0 Å². The van der Waals surface area contributed by atoms with Gasteiger partial charge < -0.3 is 10.3 Å². The van der Waals surface area contributed by atoms with Crippen LogP contribution in [0.1, 0.15) is 52.4 Å². The summed E-state index contributed by atoms with van der Waals surface area (Å²) in [5, 5.41) is 0. The van der Waals surface area contributed by atoms with Gasteiger partial charge in [0.1, 0.15) is 5.82 Å². The number of nitrogens with zero attached hydrogens (tertiary/aromatic N) is 4. The molecule has 0 saturated carbocycles. The molecule has 0 aliphatic carbocycles. The minimum atomic E-state index is -0.295. The molecule has 2 aromatic rings. The van der Waals surface area contributed by atoms with Gasteiger partial charge in [-0.15, -0.1) is 0 Å². The second-order valence-electron chi connectivity index (χ2n) is 5.51. The maximum absolute atomic E-state index is 12.7. The summed E-state index contributed by atoms with van der Waals surface area (Å²) >= 11 is 0. The number of nitrogens with two attached hydrogens (primary N) is 1. The molecule has 0 radical (unpaired) electrons. The van der Waals surface area contributed by atoms with E-state index in [1.165, 1.54) is 4.57 Å². The van der Waals surface area contributed by atoms with E-state index in [0.29, 0.717) is 36.6 Å². The number of imidazole rings is 1. The lowest BCUT2D eigenvalue weighted by atomic mass is 10.3. The van der Waals surface area contributed by atoms with E-state index in [0.717, 1.165) is 12.8 Å². The Hall–Kier alpha value is -1.89. The van der Waals surface area contributed by atoms with Crippen LogP contribution in [0, 0.1) is 0 Å². The van der Waals surface area contributed by atoms with Gasteiger partial charge >= 0.3 is 5.69 Å². The molecule has 0 amide bonds. The average molecular weight is 307 g/mol. The Kier molecular flexibility index (Phi) is 4.85. The van der Waals surface area contributed by atoms with Gasteiger partial charge in [-0.2, -0.15) is 0 Å². The van der Waals surface area contributed by atoms with Gasteiger partial charge in [0.15, 0.2) is 11.2 Å². The number of hydrogen-bond donors (Lipinski definition) is 1. The topological polar surface area (TPSA) is 87.8 Å². The Morgan fingerprint density at radius 2 is 1.73 bits per heavy atom. The van der Waals surface area contributed by atoms with Crippen molar-refractivity contribution in [2.75, 3.05) is 0 Å². The van der Waals surface area contributed by atoms with Gasteiger partial charge in [-0.25, -0.2) is 9.78 Å². The highest BCUT2D eigenvalue weighted by molar-refractivity contribution is 5.71. The SMILES string of the molecule is CCCCn1c(=O)n(CC)c(=O)c2c1nc(C(C)N)n2CC. The van der Waals surface area contributed by atoms with Gasteiger partial charge in [-0.1, -0.05) is 13.3 Å². The summed E-state index contributed by atoms with van der Waals surface area (Å²) in [6, 6.07) is -0.295. The quantitative estimate of drug-likeness (QED) is 0.869. The predicted octanol–water partition coefficient (Wildman–Crippen LogP) is 1.22. The first-order chi connectivity index (χ1) is 10.5. The van der Waals surface area contributed by atoms with E-state index in [1.807, 2.05) is 18.4 Å². The molecule has 0 aromatic carbocycles. The molecule has 0 spiro atoms. The summed E-state index contributed by atoms with van der Waals surface area (Å²) in [6.07, 6.45) is 1.83. The normalized spacial score (nSPS) is 13.0. The first-order valence-corrected chi connectivity index (χ1v) is 7.97. The van der Waals surface area contributed by atoms with Crippen LogP contribution in [0.4, 0.5) is 0 Å². The minimum Gasteiger partial charge on any atom is -0.322 e. The summed E-state index contributed by atoms with van der Waals surface area (Å²) in [4.78, 5) is 29.8. The van der Waals surface area contributed by atoms with Crippen LogP contribution >= 0.6 is 0 Å². The molecule has 1 atom stereocenters. The van der Waals surface area contributed by atoms with Crippen LogP contribution in [0.2, 0.25) is 0 Å². The molecular weight excluding hydrogens is 282 g/mol. The lowest BCUT2D eigenvalue weighted by Gasteiger charge is -2.11. The molecule has 2 rings (SSSR count). The maximum Gasteiger partial charge on any atom is 0.332 e. The first kappa shape index (κ1) is 16.5. The molecule has 122 valence electrons. The Bertz CT molecular complexity index is 782. The molecule has 7 nitrogen and oxygen atoms in total. The van der Waals surface area contributed by atoms with Crippen LogP contribution in [0.3, 0.4) is 0 Å². The van der Waals surface area contributed by atoms with Gasteiger partial charge in [-0.3, -0.25) is 13.9 Å². The van der Waals surface area contributed by atoms with Gasteiger partial charge in [0.25, 0.3) is 5.56 Å². The van der Waals surface area contributed by atoms with Crippen LogP contribution in [0.25, 0.3) is 11.2 Å². The molecule has 1 unspecified atom stereocenters. The third kappa shape index (κ3) is 2.49. The highest BCUT2D eigenvalue weighted by Crippen LogP contribution is 2.16. The largest absolute Gasteiger partial charge is 0.332 e. The van der Waals surface area contributed by atoms with Crippen LogP contribution < -0.4 is 17.0 Å². The minimum absolute atomic E-state index is 0.281. The van der Waals surface area contributed by atoms with Crippen LogP contribution in [0.5, 0.6) is 0 Å². The fraction of sp³-hybridized carbons (Fsp3) is 0.667. The summed E-state index contributed by atoms with van der Waals surface area (Å²) in [5.74, 6) is 0.646. The van der Waals surface area contributed by atoms with E-state index in [2.05, 4.69) is 11.9 Å². The molecule has 0 aliphatic rings. The molecule has 0 saturated heterocycles. The number of fused-ring (bicyclic) bond motifs is 1. The third-order valence-corrected chi connectivity index (χ3v) is 3.92. The molecule has 2 heterocycles. The predicted molar refractivity (Wildman–Crippen MR) is 87.1 cm³/mol. The van der Waals surface area contributed by atoms with E-state index in [4.69, 9.17) is 5.73 Å². The Balaban J connectivity index is 2.93. The lowest BCUT2D eigenvalue weighted by Crippen LogP contribution is -2.40. The number of aromatic nitrogens is 4. The maximum atomic E-state index is 12.7. The van der Waals surface area contributed by atoms with Gasteiger partial charge in [0.2, 0.25) is 0 Å². The zero-order valence-electron chi connectivity index (χ0n) is 13.8. The van der Waals surface area contributed by atoms with E-state index in [1.54, 1.807) is 11.5 Å². The fourth-order valence-electron chi connectivity index (χ4n) is 2.77. The number of rotatable bonds is 6. The van der Waals surface area contributed by atoms with Crippen molar-refractivity contribution in [3.63, 3.8) is 0 Å². The molecule has 0 fully saturated rings. The number of unbranched alkanes of at least 4 members (excludes halogenated alkanes) is 1. The van der Waals surface area contributed by atoms with E-state index in [-0.39, 0.29) is 17.3 Å². The highest BCUT2D eigenvalue weighted by Gasteiger charge is 2.21. The summed E-state index contributed by atoms with van der Waals surface area (Å²) in [6.45, 7) is 9.16. The summed E-state index contributed by atoms with van der Waals surface area (Å²) in [5.41, 5.74) is 6.36. The van der Waals surface area contributed by atoms with Crippen molar-refractivity contribution >= 4 is 11.2 Å². The van der Waals surface area contributed by atoms with Crippen LogP contribution in [-0.2, 0) is 19.6 Å². The van der Waals surface area contributed by atoms with Crippen LogP contribution in [0.15, 0.2) is 9.59 Å². The molecule has 2 N–H and O–H groups in total.